The average molecular weight is 233 g/mol. The first kappa shape index (κ1) is 11.2. The molecule has 0 aliphatic heterocycles. The third-order valence-corrected chi connectivity index (χ3v) is 2.44. The average Bonchev–Trinajstić information content (AvgIpc) is 2.64. The van der Waals surface area contributed by atoms with Gasteiger partial charge in [0.05, 0.1) is 6.54 Å². The van der Waals surface area contributed by atoms with E-state index in [1.54, 1.807) is 23.9 Å². The standard InChI is InChI=1S/C12H11NO4/c1-8-9(6-11(17-8)12(15)16)7-13-4-2-10(14)3-5-13/h2-6H,7H2,1H3,(H,15,16). The maximum atomic E-state index is 10.9. The molecule has 0 amide bonds. The summed E-state index contributed by atoms with van der Waals surface area (Å²) in [4.78, 5) is 21.6. The van der Waals surface area contributed by atoms with Gasteiger partial charge in [-0.15, -0.1) is 0 Å². The number of carboxylic acids is 1. The van der Waals surface area contributed by atoms with Crippen molar-refractivity contribution < 1.29 is 14.3 Å². The van der Waals surface area contributed by atoms with E-state index in [1.807, 2.05) is 0 Å². The van der Waals surface area contributed by atoms with Crippen LogP contribution in [0, 0.1) is 6.92 Å². The maximum absolute atomic E-state index is 10.9. The quantitative estimate of drug-likeness (QED) is 0.871. The molecule has 2 aromatic rings. The Labute approximate surface area is 96.9 Å². The van der Waals surface area contributed by atoms with Crippen molar-refractivity contribution in [2.75, 3.05) is 0 Å². The first-order chi connectivity index (χ1) is 8.06. The third-order valence-electron chi connectivity index (χ3n) is 2.44. The molecule has 0 saturated carbocycles. The summed E-state index contributed by atoms with van der Waals surface area (Å²) >= 11 is 0. The third kappa shape index (κ3) is 2.44. The van der Waals surface area contributed by atoms with Crippen LogP contribution in [0.1, 0.15) is 21.9 Å². The van der Waals surface area contributed by atoms with Crippen LogP contribution in [-0.4, -0.2) is 15.6 Å². The number of carbonyl (C=O) groups is 1. The predicted octanol–water partition coefficient (Wildman–Crippen LogP) is 1.50. The lowest BCUT2D eigenvalue weighted by atomic mass is 10.2. The van der Waals surface area contributed by atoms with Gasteiger partial charge in [-0.05, 0) is 13.0 Å². The second-order valence-corrected chi connectivity index (χ2v) is 3.70. The number of carboxylic acid groups (broad SMARTS) is 1. The molecule has 2 aromatic heterocycles. The highest BCUT2D eigenvalue weighted by atomic mass is 16.4. The van der Waals surface area contributed by atoms with Gasteiger partial charge in [-0.2, -0.15) is 0 Å². The SMILES string of the molecule is Cc1oc(C(=O)O)cc1Cn1ccc(=O)cc1. The number of aromatic carboxylic acids is 1. The first-order valence-electron chi connectivity index (χ1n) is 5.05. The maximum Gasteiger partial charge on any atom is 0.371 e. The second kappa shape index (κ2) is 4.29. The van der Waals surface area contributed by atoms with Crippen LogP contribution in [0.4, 0.5) is 0 Å². The van der Waals surface area contributed by atoms with Gasteiger partial charge in [0.25, 0.3) is 0 Å². The van der Waals surface area contributed by atoms with E-state index >= 15 is 0 Å². The minimum absolute atomic E-state index is 0.0589. The summed E-state index contributed by atoms with van der Waals surface area (Å²) in [5.74, 6) is -0.584. The Kier molecular flexibility index (Phi) is 2.82. The van der Waals surface area contributed by atoms with Crippen LogP contribution in [-0.2, 0) is 6.54 Å². The van der Waals surface area contributed by atoms with Crippen LogP contribution in [0.2, 0.25) is 0 Å². The van der Waals surface area contributed by atoms with Crippen molar-refractivity contribution in [3.8, 4) is 0 Å². The van der Waals surface area contributed by atoms with Gasteiger partial charge in [-0.1, -0.05) is 0 Å². The Morgan fingerprint density at radius 1 is 1.41 bits per heavy atom. The van der Waals surface area contributed by atoms with Gasteiger partial charge >= 0.3 is 5.97 Å². The molecule has 0 aromatic carbocycles. The Bertz CT molecular complexity index is 589. The van der Waals surface area contributed by atoms with E-state index in [1.165, 1.54) is 18.2 Å². The molecule has 0 saturated heterocycles. The van der Waals surface area contributed by atoms with E-state index in [4.69, 9.17) is 9.52 Å². The van der Waals surface area contributed by atoms with Gasteiger partial charge in [0, 0.05) is 30.1 Å². The second-order valence-electron chi connectivity index (χ2n) is 3.70. The molecule has 2 heterocycles. The zero-order chi connectivity index (χ0) is 12.4. The lowest BCUT2D eigenvalue weighted by Gasteiger charge is -2.03. The lowest BCUT2D eigenvalue weighted by molar-refractivity contribution is 0.0661. The number of aromatic nitrogens is 1. The van der Waals surface area contributed by atoms with Gasteiger partial charge in [-0.25, -0.2) is 4.79 Å². The van der Waals surface area contributed by atoms with Crippen molar-refractivity contribution >= 4 is 5.97 Å². The van der Waals surface area contributed by atoms with Crippen molar-refractivity contribution in [1.82, 2.24) is 4.57 Å². The van der Waals surface area contributed by atoms with Crippen LogP contribution >= 0.6 is 0 Å². The molecule has 1 N–H and O–H groups in total. The van der Waals surface area contributed by atoms with Crippen molar-refractivity contribution in [1.29, 1.82) is 0 Å². The van der Waals surface area contributed by atoms with E-state index in [9.17, 15) is 9.59 Å². The van der Waals surface area contributed by atoms with E-state index in [2.05, 4.69) is 0 Å². The number of aryl methyl sites for hydroxylation is 1. The first-order valence-corrected chi connectivity index (χ1v) is 5.05. The van der Waals surface area contributed by atoms with Gasteiger partial charge < -0.3 is 14.1 Å². The van der Waals surface area contributed by atoms with Crippen molar-refractivity contribution in [3.05, 3.63) is 57.9 Å². The topological polar surface area (TPSA) is 72.4 Å². The molecule has 0 unspecified atom stereocenters. The zero-order valence-electron chi connectivity index (χ0n) is 9.21. The highest BCUT2D eigenvalue weighted by molar-refractivity contribution is 5.84. The molecule has 88 valence electrons. The highest BCUT2D eigenvalue weighted by Gasteiger charge is 2.12. The van der Waals surface area contributed by atoms with Crippen LogP contribution in [0.5, 0.6) is 0 Å². The Balaban J connectivity index is 2.26. The minimum Gasteiger partial charge on any atom is -0.475 e. The van der Waals surface area contributed by atoms with Crippen molar-refractivity contribution in [2.45, 2.75) is 13.5 Å². The number of furan rings is 1. The molecule has 0 bridgehead atoms. The smallest absolute Gasteiger partial charge is 0.371 e. The van der Waals surface area contributed by atoms with E-state index < -0.39 is 5.97 Å². The number of rotatable bonds is 3. The molecule has 0 radical (unpaired) electrons. The summed E-state index contributed by atoms with van der Waals surface area (Å²) in [7, 11) is 0. The normalized spacial score (nSPS) is 10.4. The number of pyridine rings is 1. The molecule has 5 heteroatoms. The van der Waals surface area contributed by atoms with E-state index in [0.717, 1.165) is 5.56 Å². The molecule has 2 rings (SSSR count). The summed E-state index contributed by atoms with van der Waals surface area (Å²) in [5, 5.41) is 8.78. The Morgan fingerprint density at radius 3 is 2.59 bits per heavy atom. The fourth-order valence-electron chi connectivity index (χ4n) is 1.53. The van der Waals surface area contributed by atoms with E-state index in [0.29, 0.717) is 12.3 Å². The fraction of sp³-hybridized carbons (Fsp3) is 0.167. The van der Waals surface area contributed by atoms with Crippen LogP contribution in [0.25, 0.3) is 0 Å². The van der Waals surface area contributed by atoms with Crippen molar-refractivity contribution in [3.63, 3.8) is 0 Å². The zero-order valence-corrected chi connectivity index (χ0v) is 9.21. The van der Waals surface area contributed by atoms with Crippen LogP contribution in [0.3, 0.4) is 0 Å². The summed E-state index contributed by atoms with van der Waals surface area (Å²) in [6, 6.07) is 4.40. The van der Waals surface area contributed by atoms with Crippen LogP contribution in [0.15, 0.2) is 39.8 Å². The summed E-state index contributed by atoms with van der Waals surface area (Å²) in [6.45, 7) is 2.19. The molecule has 0 aliphatic carbocycles. The van der Waals surface area contributed by atoms with Gasteiger partial charge in [0.2, 0.25) is 5.76 Å². The molecule has 17 heavy (non-hydrogen) atoms. The number of hydrogen-bond acceptors (Lipinski definition) is 3. The van der Waals surface area contributed by atoms with Crippen LogP contribution < -0.4 is 5.43 Å². The minimum atomic E-state index is -1.08. The molecule has 0 spiro atoms. The fourth-order valence-corrected chi connectivity index (χ4v) is 1.53. The highest BCUT2D eigenvalue weighted by Crippen LogP contribution is 2.15. The number of hydrogen-bond donors (Lipinski definition) is 1. The van der Waals surface area contributed by atoms with Gasteiger partial charge in [0.15, 0.2) is 5.43 Å². The van der Waals surface area contributed by atoms with Gasteiger partial charge in [0.1, 0.15) is 5.76 Å². The summed E-state index contributed by atoms with van der Waals surface area (Å²) < 4.78 is 6.88. The summed E-state index contributed by atoms with van der Waals surface area (Å²) in [6.07, 6.45) is 3.30. The van der Waals surface area contributed by atoms with E-state index in [-0.39, 0.29) is 11.2 Å². The molecular weight excluding hydrogens is 222 g/mol. The largest absolute Gasteiger partial charge is 0.475 e. The van der Waals surface area contributed by atoms with Crippen molar-refractivity contribution in [2.24, 2.45) is 0 Å². The monoisotopic (exact) mass is 233 g/mol. The Hall–Kier alpha value is -2.30. The molecular formula is C12H11NO4. The predicted molar refractivity (Wildman–Crippen MR) is 60.2 cm³/mol. The van der Waals surface area contributed by atoms with Gasteiger partial charge in [-0.3, -0.25) is 4.79 Å². The molecule has 5 nitrogen and oxygen atoms in total. The summed E-state index contributed by atoms with van der Waals surface area (Å²) in [5.41, 5.74) is 0.724. The molecule has 0 atom stereocenters. The molecule has 0 fully saturated rings. The molecule has 0 aliphatic rings. The number of nitrogens with zero attached hydrogens (tertiary/aromatic N) is 1. The lowest BCUT2D eigenvalue weighted by Crippen LogP contribution is -2.04. The Morgan fingerprint density at radius 2 is 2.06 bits per heavy atom.